The van der Waals surface area contributed by atoms with Crippen molar-refractivity contribution in [2.75, 3.05) is 19.0 Å². The summed E-state index contributed by atoms with van der Waals surface area (Å²) >= 11 is 5.58. The molecule has 2 aromatic rings. The molecule has 5 amide bonds. The van der Waals surface area contributed by atoms with E-state index < -0.39 is 78.6 Å². The minimum absolute atomic E-state index is 0.0208. The number of carbonyl (C=O) groups excluding carboxylic acids is 5. The standard InChI is InChI=1S/C29H36ClN5O8/c30-15-24(37)32-20(10-11-25(38)39)29(43)35-12-4-3-7-23(35)28(42)33-21(27(41)34-22(16-36)26(31)40)14-17-8-9-18-5-1-2-6-19(18)13-17/h1-2,5-6,8-9,13,20-23,36H,3-4,7,10-12,14-16H2,(H2,31,40)(H,32,37)(H,33,42)(H,34,41)(H,38,39)/t20-,21-,22-,23-/m0/s1. The molecule has 1 aliphatic heterocycles. The number of carboxylic acids is 1. The highest BCUT2D eigenvalue weighted by Crippen LogP contribution is 2.21. The lowest BCUT2D eigenvalue weighted by Gasteiger charge is -2.37. The van der Waals surface area contributed by atoms with Crippen molar-refractivity contribution >= 4 is 57.9 Å². The summed E-state index contributed by atoms with van der Waals surface area (Å²) in [4.78, 5) is 76.6. The molecule has 4 atom stereocenters. The molecule has 43 heavy (non-hydrogen) atoms. The first-order chi connectivity index (χ1) is 20.5. The van der Waals surface area contributed by atoms with Gasteiger partial charge in [0.2, 0.25) is 29.5 Å². The minimum Gasteiger partial charge on any atom is -0.481 e. The molecule has 13 nitrogen and oxygen atoms in total. The number of halogens is 1. The smallest absolute Gasteiger partial charge is 0.303 e. The predicted octanol–water partition coefficient (Wildman–Crippen LogP) is -0.201. The zero-order valence-electron chi connectivity index (χ0n) is 23.5. The number of benzene rings is 2. The molecule has 0 aliphatic carbocycles. The summed E-state index contributed by atoms with van der Waals surface area (Å²) in [5, 5.41) is 28.0. The molecule has 0 unspecified atom stereocenters. The van der Waals surface area contributed by atoms with Crippen LogP contribution in [-0.2, 0) is 35.2 Å². The molecule has 1 aliphatic rings. The van der Waals surface area contributed by atoms with E-state index in [0.29, 0.717) is 18.4 Å². The second-order valence-corrected chi connectivity index (χ2v) is 10.6. The van der Waals surface area contributed by atoms with Gasteiger partial charge in [-0.2, -0.15) is 0 Å². The number of hydrogen-bond acceptors (Lipinski definition) is 7. The molecule has 1 fully saturated rings. The van der Waals surface area contributed by atoms with Crippen molar-refractivity contribution in [3.8, 4) is 0 Å². The average molecular weight is 618 g/mol. The Bertz CT molecular complexity index is 1360. The molecular formula is C29H36ClN5O8. The molecular weight excluding hydrogens is 582 g/mol. The van der Waals surface area contributed by atoms with Crippen molar-refractivity contribution in [1.29, 1.82) is 0 Å². The fraction of sp³-hybridized carbons (Fsp3) is 0.448. The summed E-state index contributed by atoms with van der Waals surface area (Å²) < 4.78 is 0. The van der Waals surface area contributed by atoms with Crippen LogP contribution in [0.3, 0.4) is 0 Å². The van der Waals surface area contributed by atoms with E-state index in [-0.39, 0.29) is 25.8 Å². The van der Waals surface area contributed by atoms with Crippen LogP contribution in [0.25, 0.3) is 10.8 Å². The number of nitrogens with two attached hydrogens (primary N) is 1. The Hall–Kier alpha value is -4.23. The number of fused-ring (bicyclic) bond motifs is 1. The van der Waals surface area contributed by atoms with E-state index in [9.17, 15) is 33.9 Å². The van der Waals surface area contributed by atoms with Crippen molar-refractivity contribution in [2.45, 2.75) is 62.7 Å². The Morgan fingerprint density at radius 3 is 2.33 bits per heavy atom. The molecule has 3 rings (SSSR count). The summed E-state index contributed by atoms with van der Waals surface area (Å²) in [6, 6.07) is 8.30. The maximum atomic E-state index is 13.7. The van der Waals surface area contributed by atoms with E-state index in [1.54, 1.807) is 6.07 Å². The summed E-state index contributed by atoms with van der Waals surface area (Å²) in [5.74, 6) is -5.26. The quantitative estimate of drug-likeness (QED) is 0.156. The third kappa shape index (κ3) is 9.38. The molecule has 0 spiro atoms. The molecule has 232 valence electrons. The summed E-state index contributed by atoms with van der Waals surface area (Å²) in [5.41, 5.74) is 5.98. The normalized spacial score (nSPS) is 16.9. The number of aliphatic carboxylic acids is 1. The van der Waals surface area contributed by atoms with Gasteiger partial charge >= 0.3 is 5.97 Å². The second kappa shape index (κ2) is 15.8. The number of carboxylic acid groups (broad SMARTS) is 1. The third-order valence-corrected chi connectivity index (χ3v) is 7.46. The molecule has 2 aromatic carbocycles. The van der Waals surface area contributed by atoms with Gasteiger partial charge in [-0.25, -0.2) is 0 Å². The monoisotopic (exact) mass is 617 g/mol. The van der Waals surface area contributed by atoms with Gasteiger partial charge in [-0.15, -0.1) is 11.6 Å². The Morgan fingerprint density at radius 1 is 0.953 bits per heavy atom. The Labute approximate surface area is 253 Å². The van der Waals surface area contributed by atoms with Crippen molar-refractivity contribution in [3.05, 3.63) is 48.0 Å². The predicted molar refractivity (Wildman–Crippen MR) is 157 cm³/mol. The highest BCUT2D eigenvalue weighted by molar-refractivity contribution is 6.27. The van der Waals surface area contributed by atoms with Gasteiger partial charge < -0.3 is 36.8 Å². The van der Waals surface area contributed by atoms with Gasteiger partial charge in [-0.1, -0.05) is 42.5 Å². The number of carbonyl (C=O) groups is 6. The van der Waals surface area contributed by atoms with Crippen LogP contribution < -0.4 is 21.7 Å². The fourth-order valence-electron chi connectivity index (χ4n) is 4.98. The van der Waals surface area contributed by atoms with Gasteiger partial charge in [0.15, 0.2) is 0 Å². The van der Waals surface area contributed by atoms with Crippen LogP contribution in [0.4, 0.5) is 0 Å². The van der Waals surface area contributed by atoms with Gasteiger partial charge in [-0.05, 0) is 42.0 Å². The topological polar surface area (TPSA) is 208 Å². The number of primary amides is 1. The number of nitrogens with zero attached hydrogens (tertiary/aromatic N) is 1. The molecule has 0 radical (unpaired) electrons. The van der Waals surface area contributed by atoms with Crippen molar-refractivity contribution in [2.24, 2.45) is 5.73 Å². The first kappa shape index (κ1) is 33.3. The molecule has 0 bridgehead atoms. The van der Waals surface area contributed by atoms with Crippen LogP contribution >= 0.6 is 11.6 Å². The average Bonchev–Trinajstić information content (AvgIpc) is 3.00. The lowest BCUT2D eigenvalue weighted by Crippen LogP contribution is -2.61. The zero-order valence-corrected chi connectivity index (χ0v) is 24.2. The van der Waals surface area contributed by atoms with E-state index in [4.69, 9.17) is 22.4 Å². The van der Waals surface area contributed by atoms with Crippen molar-refractivity contribution < 1.29 is 39.0 Å². The second-order valence-electron chi connectivity index (χ2n) is 10.3. The van der Waals surface area contributed by atoms with Gasteiger partial charge in [0.1, 0.15) is 30.0 Å². The van der Waals surface area contributed by atoms with E-state index >= 15 is 0 Å². The number of likely N-dealkylation sites (tertiary alicyclic amines) is 1. The number of alkyl halides is 1. The van der Waals surface area contributed by atoms with Crippen LogP contribution in [0.5, 0.6) is 0 Å². The van der Waals surface area contributed by atoms with E-state index in [0.717, 1.165) is 10.8 Å². The molecule has 14 heteroatoms. The number of nitrogens with one attached hydrogen (secondary N) is 3. The van der Waals surface area contributed by atoms with E-state index in [1.165, 1.54) is 4.90 Å². The molecule has 0 saturated carbocycles. The van der Waals surface area contributed by atoms with E-state index in [1.807, 2.05) is 36.4 Å². The minimum atomic E-state index is -1.38. The number of rotatable bonds is 14. The molecule has 1 heterocycles. The Kier molecular flexibility index (Phi) is 12.3. The van der Waals surface area contributed by atoms with Crippen LogP contribution in [0, 0.1) is 0 Å². The van der Waals surface area contributed by atoms with Gasteiger partial charge in [-0.3, -0.25) is 28.8 Å². The summed E-state index contributed by atoms with van der Waals surface area (Å²) in [6.45, 7) is -0.568. The highest BCUT2D eigenvalue weighted by Gasteiger charge is 2.38. The molecule has 7 N–H and O–H groups in total. The van der Waals surface area contributed by atoms with Gasteiger partial charge in [0, 0.05) is 19.4 Å². The van der Waals surface area contributed by atoms with Crippen LogP contribution in [0.2, 0.25) is 0 Å². The lowest BCUT2D eigenvalue weighted by atomic mass is 9.97. The van der Waals surface area contributed by atoms with Crippen LogP contribution in [-0.4, -0.2) is 93.8 Å². The maximum Gasteiger partial charge on any atom is 0.303 e. The van der Waals surface area contributed by atoms with Crippen LogP contribution in [0.15, 0.2) is 42.5 Å². The fourth-order valence-corrected chi connectivity index (χ4v) is 5.06. The largest absolute Gasteiger partial charge is 0.481 e. The maximum absolute atomic E-state index is 13.7. The lowest BCUT2D eigenvalue weighted by molar-refractivity contribution is -0.146. The number of aliphatic hydroxyl groups is 1. The third-order valence-electron chi connectivity index (χ3n) is 7.22. The van der Waals surface area contributed by atoms with Crippen LogP contribution in [0.1, 0.15) is 37.7 Å². The van der Waals surface area contributed by atoms with Gasteiger partial charge in [0.25, 0.3) is 0 Å². The number of aliphatic hydroxyl groups excluding tert-OH is 1. The zero-order chi connectivity index (χ0) is 31.5. The first-order valence-electron chi connectivity index (χ1n) is 13.9. The highest BCUT2D eigenvalue weighted by atomic mass is 35.5. The Balaban J connectivity index is 1.86. The first-order valence-corrected chi connectivity index (χ1v) is 14.4. The summed E-state index contributed by atoms with van der Waals surface area (Å²) in [6.07, 6.45) is 0.853. The molecule has 0 aromatic heterocycles. The number of piperidine rings is 1. The summed E-state index contributed by atoms with van der Waals surface area (Å²) in [7, 11) is 0. The number of hydrogen-bond donors (Lipinski definition) is 6. The SMILES string of the molecule is NC(=O)[C@H](CO)NC(=O)[C@H](Cc1ccc2ccccc2c1)NC(=O)[C@@H]1CCCCN1C(=O)[C@H](CCC(=O)O)NC(=O)CCl. The van der Waals surface area contributed by atoms with Gasteiger partial charge in [0.05, 0.1) is 6.61 Å². The number of amides is 5. The Morgan fingerprint density at radius 2 is 1.67 bits per heavy atom. The van der Waals surface area contributed by atoms with Crippen molar-refractivity contribution in [3.63, 3.8) is 0 Å². The van der Waals surface area contributed by atoms with E-state index in [2.05, 4.69) is 16.0 Å². The van der Waals surface area contributed by atoms with Crippen molar-refractivity contribution in [1.82, 2.24) is 20.9 Å². The molecule has 1 saturated heterocycles.